The average molecular weight is 352 g/mol. The molecular weight excluding hydrogens is 324 g/mol. The molecule has 1 N–H and O–H groups in total. The first-order valence-electron chi connectivity index (χ1n) is 10.3. The van der Waals surface area contributed by atoms with Crippen molar-refractivity contribution in [1.82, 2.24) is 9.88 Å². The summed E-state index contributed by atoms with van der Waals surface area (Å²) in [7, 11) is 0. The first-order valence-corrected chi connectivity index (χ1v) is 10.3. The maximum absolute atomic E-state index is 12.9. The third-order valence-corrected chi connectivity index (χ3v) is 6.84. The van der Waals surface area contributed by atoms with Gasteiger partial charge in [-0.25, -0.2) is 0 Å². The van der Waals surface area contributed by atoms with Gasteiger partial charge in [0.05, 0.1) is 12.3 Å². The number of hydrogen-bond acceptors (Lipinski definition) is 2. The lowest BCUT2D eigenvalue weighted by Gasteiger charge is -2.44. The molecule has 0 unspecified atom stereocenters. The van der Waals surface area contributed by atoms with Crippen LogP contribution in [0.5, 0.6) is 0 Å². The number of likely N-dealkylation sites (tertiary alicyclic amines) is 1. The van der Waals surface area contributed by atoms with E-state index in [1.54, 1.807) is 0 Å². The number of fused-ring (bicyclic) bond motifs is 4. The number of benzene rings is 1. The molecule has 26 heavy (non-hydrogen) atoms. The van der Waals surface area contributed by atoms with E-state index < -0.39 is 0 Å². The minimum absolute atomic E-state index is 0.226. The fourth-order valence-electron chi connectivity index (χ4n) is 5.36. The van der Waals surface area contributed by atoms with Gasteiger partial charge in [0.1, 0.15) is 5.60 Å². The van der Waals surface area contributed by atoms with Crippen molar-refractivity contribution in [3.63, 3.8) is 0 Å². The summed E-state index contributed by atoms with van der Waals surface area (Å²) >= 11 is 0. The summed E-state index contributed by atoms with van der Waals surface area (Å²) in [5.41, 5.74) is 3.69. The van der Waals surface area contributed by atoms with Gasteiger partial charge in [-0.2, -0.15) is 0 Å². The predicted octanol–water partition coefficient (Wildman–Crippen LogP) is 4.14. The van der Waals surface area contributed by atoms with E-state index in [2.05, 4.69) is 34.1 Å². The maximum Gasteiger partial charge on any atom is 0.225 e. The SMILES string of the molecule is O=C(C1CCCCC1)N1CCC2(CC1)OCCc1c2[nH]c2ccccc12. The van der Waals surface area contributed by atoms with Crippen molar-refractivity contribution >= 4 is 16.8 Å². The van der Waals surface area contributed by atoms with Crippen LogP contribution in [0.2, 0.25) is 0 Å². The van der Waals surface area contributed by atoms with Gasteiger partial charge in [-0.1, -0.05) is 37.5 Å². The number of amides is 1. The molecule has 4 nitrogen and oxygen atoms in total. The van der Waals surface area contributed by atoms with Crippen LogP contribution in [0.4, 0.5) is 0 Å². The second-order valence-electron chi connectivity index (χ2n) is 8.28. The number of carbonyl (C=O) groups excluding carboxylic acids is 1. The molecule has 1 saturated heterocycles. The normalized spacial score (nSPS) is 23.3. The second-order valence-corrected chi connectivity index (χ2v) is 8.28. The first kappa shape index (κ1) is 16.4. The zero-order valence-corrected chi connectivity index (χ0v) is 15.4. The van der Waals surface area contributed by atoms with Crippen molar-refractivity contribution in [2.75, 3.05) is 19.7 Å². The number of aromatic nitrogens is 1. The van der Waals surface area contributed by atoms with E-state index in [4.69, 9.17) is 4.74 Å². The molecule has 2 fully saturated rings. The molecule has 0 bridgehead atoms. The lowest BCUT2D eigenvalue weighted by Crippen LogP contribution is -2.50. The summed E-state index contributed by atoms with van der Waals surface area (Å²) in [6.45, 7) is 2.43. The molecule has 1 aliphatic carbocycles. The molecule has 2 aliphatic heterocycles. The van der Waals surface area contributed by atoms with Crippen LogP contribution in [-0.2, 0) is 21.6 Å². The summed E-state index contributed by atoms with van der Waals surface area (Å²) in [5.74, 6) is 0.668. The van der Waals surface area contributed by atoms with Crippen molar-refractivity contribution in [1.29, 1.82) is 0 Å². The molecule has 1 aromatic carbocycles. The van der Waals surface area contributed by atoms with E-state index in [-0.39, 0.29) is 11.5 Å². The van der Waals surface area contributed by atoms with Crippen LogP contribution in [0.25, 0.3) is 10.9 Å². The molecule has 2 aromatic rings. The van der Waals surface area contributed by atoms with Crippen molar-refractivity contribution in [2.45, 2.75) is 57.0 Å². The molecule has 1 saturated carbocycles. The average Bonchev–Trinajstić information content (AvgIpc) is 3.09. The highest BCUT2D eigenvalue weighted by molar-refractivity contribution is 5.85. The van der Waals surface area contributed by atoms with E-state index in [1.165, 1.54) is 41.4 Å². The molecule has 3 heterocycles. The van der Waals surface area contributed by atoms with Crippen molar-refractivity contribution in [3.8, 4) is 0 Å². The van der Waals surface area contributed by atoms with Gasteiger partial charge in [0.15, 0.2) is 0 Å². The Morgan fingerprint density at radius 2 is 1.88 bits per heavy atom. The molecule has 1 aromatic heterocycles. The zero-order chi connectivity index (χ0) is 17.6. The number of hydrogen-bond donors (Lipinski definition) is 1. The van der Waals surface area contributed by atoms with Gasteiger partial charge in [0.2, 0.25) is 5.91 Å². The molecule has 1 amide bonds. The monoisotopic (exact) mass is 352 g/mol. The summed E-state index contributed by atoms with van der Waals surface area (Å²) in [6.07, 6.45) is 8.70. The van der Waals surface area contributed by atoms with E-state index in [9.17, 15) is 4.79 Å². The Kier molecular flexibility index (Phi) is 4.04. The number of aromatic amines is 1. The van der Waals surface area contributed by atoms with Gasteiger partial charge in [0.25, 0.3) is 0 Å². The minimum Gasteiger partial charge on any atom is -0.368 e. The van der Waals surface area contributed by atoms with Gasteiger partial charge in [-0.3, -0.25) is 4.79 Å². The second kappa shape index (κ2) is 6.41. The number of ether oxygens (including phenoxy) is 1. The van der Waals surface area contributed by atoms with Crippen LogP contribution in [-0.4, -0.2) is 35.5 Å². The van der Waals surface area contributed by atoms with Crippen LogP contribution in [0.3, 0.4) is 0 Å². The molecule has 1 spiro atoms. The van der Waals surface area contributed by atoms with Crippen molar-refractivity contribution in [3.05, 3.63) is 35.5 Å². The Bertz CT molecular complexity index is 811. The van der Waals surface area contributed by atoms with Crippen LogP contribution >= 0.6 is 0 Å². The Labute approximate surface area is 154 Å². The molecule has 4 heteroatoms. The highest BCUT2D eigenvalue weighted by atomic mass is 16.5. The van der Waals surface area contributed by atoms with E-state index in [1.807, 2.05) is 0 Å². The van der Waals surface area contributed by atoms with Gasteiger partial charge in [0, 0.05) is 29.9 Å². The van der Waals surface area contributed by atoms with Gasteiger partial charge in [-0.05, 0) is 43.7 Å². The fraction of sp³-hybridized carbons (Fsp3) is 0.591. The van der Waals surface area contributed by atoms with E-state index >= 15 is 0 Å². The van der Waals surface area contributed by atoms with Crippen molar-refractivity contribution in [2.24, 2.45) is 5.92 Å². The van der Waals surface area contributed by atoms with Crippen LogP contribution in [0, 0.1) is 5.92 Å². The summed E-state index contributed by atoms with van der Waals surface area (Å²) in [6, 6.07) is 8.57. The maximum atomic E-state index is 12.9. The van der Waals surface area contributed by atoms with E-state index in [0.29, 0.717) is 5.91 Å². The van der Waals surface area contributed by atoms with Crippen LogP contribution in [0.1, 0.15) is 56.2 Å². The number of rotatable bonds is 1. The Morgan fingerprint density at radius 1 is 1.12 bits per heavy atom. The number of nitrogens with zero attached hydrogens (tertiary/aromatic N) is 1. The number of para-hydroxylation sites is 1. The minimum atomic E-state index is -0.226. The molecule has 0 atom stereocenters. The zero-order valence-electron chi connectivity index (χ0n) is 15.4. The quantitative estimate of drug-likeness (QED) is 0.838. The van der Waals surface area contributed by atoms with Crippen LogP contribution < -0.4 is 0 Å². The Morgan fingerprint density at radius 3 is 2.69 bits per heavy atom. The lowest BCUT2D eigenvalue weighted by atomic mass is 9.82. The topological polar surface area (TPSA) is 45.3 Å². The third-order valence-electron chi connectivity index (χ3n) is 6.84. The Balaban J connectivity index is 1.37. The highest BCUT2D eigenvalue weighted by Gasteiger charge is 2.44. The fourth-order valence-corrected chi connectivity index (χ4v) is 5.36. The largest absolute Gasteiger partial charge is 0.368 e. The van der Waals surface area contributed by atoms with E-state index in [0.717, 1.165) is 51.8 Å². The predicted molar refractivity (Wildman–Crippen MR) is 102 cm³/mol. The van der Waals surface area contributed by atoms with Crippen LogP contribution in [0.15, 0.2) is 24.3 Å². The Hall–Kier alpha value is -1.81. The summed E-state index contributed by atoms with van der Waals surface area (Å²) in [5, 5.41) is 1.34. The number of nitrogens with one attached hydrogen (secondary N) is 1. The summed E-state index contributed by atoms with van der Waals surface area (Å²) in [4.78, 5) is 18.7. The van der Waals surface area contributed by atoms with Crippen molar-refractivity contribution < 1.29 is 9.53 Å². The molecule has 3 aliphatic rings. The van der Waals surface area contributed by atoms with Gasteiger partial charge >= 0.3 is 0 Å². The summed E-state index contributed by atoms with van der Waals surface area (Å²) < 4.78 is 6.37. The molecule has 5 rings (SSSR count). The molecule has 0 radical (unpaired) electrons. The smallest absolute Gasteiger partial charge is 0.225 e. The highest BCUT2D eigenvalue weighted by Crippen LogP contribution is 2.43. The molecular formula is C22H28N2O2. The van der Waals surface area contributed by atoms with Gasteiger partial charge in [-0.15, -0.1) is 0 Å². The number of carbonyl (C=O) groups is 1. The number of piperidine rings is 1. The third kappa shape index (κ3) is 2.58. The lowest BCUT2D eigenvalue weighted by molar-refractivity contribution is -0.146. The van der Waals surface area contributed by atoms with Gasteiger partial charge < -0.3 is 14.6 Å². The number of H-pyrrole nitrogens is 1. The molecule has 138 valence electrons. The standard InChI is InChI=1S/C22H28N2O2/c25-21(16-6-2-1-3-7-16)24-13-11-22(12-14-24)20-18(10-15-26-22)17-8-4-5-9-19(17)23-20/h4-5,8-9,16,23H,1-3,6-7,10-15H2. The first-order chi connectivity index (χ1) is 12.8.